The molecular formula is C24H37BrCl4N4O4S. The topological polar surface area (TPSA) is 73.4 Å². The summed E-state index contributed by atoms with van der Waals surface area (Å²) >= 11 is 15.8. The Labute approximate surface area is 257 Å². The number of carbonyl (C=O) groups excluding carboxylic acids is 1. The number of likely N-dealkylation sites (tertiary alicyclic amines) is 1. The summed E-state index contributed by atoms with van der Waals surface area (Å²) in [5.41, 5.74) is 0. The van der Waals surface area contributed by atoms with Gasteiger partial charge < -0.3 is 14.5 Å². The fourth-order valence-corrected chi connectivity index (χ4v) is 8.99. The van der Waals surface area contributed by atoms with Gasteiger partial charge >= 0.3 is 0 Å². The van der Waals surface area contributed by atoms with Gasteiger partial charge in [-0.25, -0.2) is 8.42 Å². The van der Waals surface area contributed by atoms with Gasteiger partial charge in [0.05, 0.1) is 16.7 Å². The Bertz CT molecular complexity index is 1020. The minimum atomic E-state index is -3.92. The Balaban J connectivity index is 0.00000253. The van der Waals surface area contributed by atoms with Crippen LogP contribution in [-0.2, 0) is 19.6 Å². The third kappa shape index (κ3) is 8.33. The fourth-order valence-electron chi connectivity index (χ4n) is 5.42. The van der Waals surface area contributed by atoms with E-state index in [2.05, 4.69) is 32.8 Å². The summed E-state index contributed by atoms with van der Waals surface area (Å²) in [7, 11) is -1.75. The van der Waals surface area contributed by atoms with Gasteiger partial charge in [0.25, 0.3) is 0 Å². The SMILES string of the molecule is CN1CCC(N2CCN(C(=O)COCC3CCCCN3S(=O)(=O)c3c(Cl)cc(Br)cc3Cl)CC2)CC1.Cl.Cl. The van der Waals surface area contributed by atoms with Crippen LogP contribution in [0, 0.1) is 0 Å². The van der Waals surface area contributed by atoms with Crippen LogP contribution < -0.4 is 0 Å². The van der Waals surface area contributed by atoms with Crippen molar-refractivity contribution in [3.8, 4) is 0 Å². The van der Waals surface area contributed by atoms with Gasteiger partial charge in [0.1, 0.15) is 11.5 Å². The van der Waals surface area contributed by atoms with Crippen molar-refractivity contribution >= 4 is 79.9 Å². The number of hydrogen-bond acceptors (Lipinski definition) is 6. The molecule has 3 aliphatic rings. The van der Waals surface area contributed by atoms with E-state index >= 15 is 0 Å². The smallest absolute Gasteiger partial charge is 0.248 e. The van der Waals surface area contributed by atoms with Crippen molar-refractivity contribution < 1.29 is 17.9 Å². The van der Waals surface area contributed by atoms with Crippen LogP contribution in [0.5, 0.6) is 0 Å². The number of ether oxygens (including phenoxy) is 1. The lowest BCUT2D eigenvalue weighted by atomic mass is 10.0. The highest BCUT2D eigenvalue weighted by molar-refractivity contribution is 9.10. The molecule has 0 N–H and O–H groups in total. The predicted molar refractivity (Wildman–Crippen MR) is 160 cm³/mol. The van der Waals surface area contributed by atoms with Crippen LogP contribution in [-0.4, -0.2) is 111 Å². The molecule has 3 aliphatic heterocycles. The van der Waals surface area contributed by atoms with E-state index in [4.69, 9.17) is 27.9 Å². The molecule has 0 radical (unpaired) electrons. The average Bonchev–Trinajstić information content (AvgIpc) is 2.84. The zero-order valence-corrected chi connectivity index (χ0v) is 27.0. The van der Waals surface area contributed by atoms with Gasteiger partial charge in [-0.15, -0.1) is 24.8 Å². The first-order valence-corrected chi connectivity index (χ1v) is 15.6. The third-order valence-electron chi connectivity index (χ3n) is 7.51. The minimum absolute atomic E-state index is 0. The average molecular weight is 699 g/mol. The van der Waals surface area contributed by atoms with Crippen molar-refractivity contribution in [1.82, 2.24) is 19.0 Å². The Morgan fingerprint density at radius 1 is 0.974 bits per heavy atom. The predicted octanol–water partition coefficient (Wildman–Crippen LogP) is 4.40. The standard InChI is InChI=1S/C24H35BrCl2N4O4S.2ClH/c1-28-8-5-19(6-9-28)29-10-12-30(13-11-29)23(32)17-35-16-20-4-2-3-7-31(20)36(33,34)24-21(26)14-18(25)15-22(24)27;;/h14-15,19-20H,2-13,16-17H2,1H3;2*1H. The number of sulfonamides is 1. The first-order chi connectivity index (χ1) is 17.2. The molecule has 3 heterocycles. The van der Waals surface area contributed by atoms with Crippen molar-refractivity contribution in [2.75, 3.05) is 66.1 Å². The summed E-state index contributed by atoms with van der Waals surface area (Å²) in [6, 6.07) is 3.30. The summed E-state index contributed by atoms with van der Waals surface area (Å²) in [5, 5.41) is 0.156. The second-order valence-electron chi connectivity index (χ2n) is 9.93. The van der Waals surface area contributed by atoms with E-state index in [0.29, 0.717) is 36.6 Å². The minimum Gasteiger partial charge on any atom is -0.370 e. The summed E-state index contributed by atoms with van der Waals surface area (Å²) in [6.45, 7) is 5.94. The molecule has 0 saturated carbocycles. The number of carbonyl (C=O) groups is 1. The maximum Gasteiger partial charge on any atom is 0.248 e. The number of hydrogen-bond donors (Lipinski definition) is 0. The van der Waals surface area contributed by atoms with Gasteiger partial charge in [0.15, 0.2) is 0 Å². The normalized spacial score (nSPS) is 22.5. The lowest BCUT2D eigenvalue weighted by Gasteiger charge is -2.42. The summed E-state index contributed by atoms with van der Waals surface area (Å²) in [5.74, 6) is -0.0396. The molecule has 1 aromatic rings. The Kier molecular flexibility index (Phi) is 13.9. The molecule has 8 nitrogen and oxygen atoms in total. The van der Waals surface area contributed by atoms with Crippen molar-refractivity contribution in [2.24, 2.45) is 0 Å². The van der Waals surface area contributed by atoms with Gasteiger partial charge in [-0.1, -0.05) is 45.6 Å². The second kappa shape index (κ2) is 15.4. The Morgan fingerprint density at radius 2 is 1.58 bits per heavy atom. The Hall–Kier alpha value is 0.120. The van der Waals surface area contributed by atoms with E-state index < -0.39 is 10.0 Å². The zero-order valence-electron chi connectivity index (χ0n) is 21.5. The van der Waals surface area contributed by atoms with Crippen molar-refractivity contribution in [2.45, 2.75) is 49.1 Å². The van der Waals surface area contributed by atoms with Crippen LogP contribution in [0.1, 0.15) is 32.1 Å². The van der Waals surface area contributed by atoms with E-state index in [1.807, 2.05) is 4.90 Å². The van der Waals surface area contributed by atoms with Gasteiger partial charge in [-0.3, -0.25) is 9.69 Å². The van der Waals surface area contributed by atoms with Gasteiger partial charge in [0.2, 0.25) is 15.9 Å². The largest absolute Gasteiger partial charge is 0.370 e. The summed E-state index contributed by atoms with van der Waals surface area (Å²) in [4.78, 5) is 19.5. The summed E-state index contributed by atoms with van der Waals surface area (Å²) < 4.78 is 34.8. The van der Waals surface area contributed by atoms with Crippen LogP contribution >= 0.6 is 63.9 Å². The molecular weight excluding hydrogens is 662 g/mol. The number of amides is 1. The van der Waals surface area contributed by atoms with Crippen LogP contribution in [0.3, 0.4) is 0 Å². The third-order valence-corrected chi connectivity index (χ3v) is 10.8. The molecule has 0 bridgehead atoms. The van der Waals surface area contributed by atoms with Crippen molar-refractivity contribution in [3.05, 3.63) is 26.7 Å². The lowest BCUT2D eigenvalue weighted by molar-refractivity contribution is -0.138. The highest BCUT2D eigenvalue weighted by Gasteiger charge is 2.37. The molecule has 14 heteroatoms. The molecule has 1 unspecified atom stereocenters. The van der Waals surface area contributed by atoms with E-state index in [1.165, 1.54) is 29.3 Å². The van der Waals surface area contributed by atoms with Crippen LogP contribution in [0.15, 0.2) is 21.5 Å². The van der Waals surface area contributed by atoms with Crippen LogP contribution in [0.25, 0.3) is 0 Å². The molecule has 4 rings (SSSR count). The van der Waals surface area contributed by atoms with Gasteiger partial charge in [-0.2, -0.15) is 4.31 Å². The monoisotopic (exact) mass is 696 g/mol. The lowest BCUT2D eigenvalue weighted by Crippen LogP contribution is -2.54. The first kappa shape index (κ1) is 34.3. The van der Waals surface area contributed by atoms with E-state index in [9.17, 15) is 13.2 Å². The molecule has 3 saturated heterocycles. The van der Waals surface area contributed by atoms with E-state index in [1.54, 1.807) is 0 Å². The number of benzene rings is 1. The van der Waals surface area contributed by atoms with E-state index in [-0.39, 0.29) is 64.9 Å². The van der Waals surface area contributed by atoms with Gasteiger partial charge in [0, 0.05) is 49.3 Å². The number of piperidine rings is 2. The molecule has 218 valence electrons. The van der Waals surface area contributed by atoms with Crippen molar-refractivity contribution in [1.29, 1.82) is 0 Å². The Morgan fingerprint density at radius 3 is 2.18 bits per heavy atom. The number of halogens is 5. The molecule has 3 fully saturated rings. The number of piperazine rings is 1. The molecule has 0 aromatic heterocycles. The highest BCUT2D eigenvalue weighted by Crippen LogP contribution is 2.36. The van der Waals surface area contributed by atoms with E-state index in [0.717, 1.165) is 39.0 Å². The van der Waals surface area contributed by atoms with Crippen molar-refractivity contribution in [3.63, 3.8) is 0 Å². The molecule has 1 atom stereocenters. The maximum absolute atomic E-state index is 13.5. The first-order valence-electron chi connectivity index (χ1n) is 12.6. The van der Waals surface area contributed by atoms with Crippen LogP contribution in [0.4, 0.5) is 0 Å². The number of rotatable bonds is 7. The fraction of sp³-hybridized carbons (Fsp3) is 0.708. The molecule has 0 spiro atoms. The number of nitrogens with zero attached hydrogens (tertiary/aromatic N) is 4. The molecule has 0 aliphatic carbocycles. The van der Waals surface area contributed by atoms with Crippen LogP contribution in [0.2, 0.25) is 10.0 Å². The maximum atomic E-state index is 13.5. The molecule has 38 heavy (non-hydrogen) atoms. The highest BCUT2D eigenvalue weighted by atomic mass is 79.9. The zero-order chi connectivity index (χ0) is 25.9. The van der Waals surface area contributed by atoms with Gasteiger partial charge in [-0.05, 0) is 58.0 Å². The second-order valence-corrected chi connectivity index (χ2v) is 13.5. The molecule has 1 aromatic carbocycles. The summed E-state index contributed by atoms with van der Waals surface area (Å²) in [6.07, 6.45) is 4.68. The quantitative estimate of drug-likeness (QED) is 0.421. The molecule has 1 amide bonds.